The molecule has 0 bridgehead atoms. The Labute approximate surface area is 69.0 Å². The molecule has 0 spiro atoms. The zero-order valence-corrected chi connectivity index (χ0v) is 6.76. The van der Waals surface area contributed by atoms with Gasteiger partial charge in [-0.25, -0.2) is 8.78 Å². The fourth-order valence-corrected chi connectivity index (χ4v) is 1.31. The van der Waals surface area contributed by atoms with Gasteiger partial charge >= 0.3 is 5.97 Å². The molecule has 0 unspecified atom stereocenters. The number of carboxylic acid groups (broad SMARTS) is 1. The Balaban J connectivity index is 2.43. The van der Waals surface area contributed by atoms with Gasteiger partial charge in [-0.2, -0.15) is 0 Å². The second kappa shape index (κ2) is 2.97. The lowest BCUT2D eigenvalue weighted by atomic mass is 9.91. The van der Waals surface area contributed by atoms with Crippen molar-refractivity contribution in [1.29, 1.82) is 0 Å². The van der Waals surface area contributed by atoms with Crippen molar-refractivity contribution in [2.24, 2.45) is 5.92 Å². The molecule has 0 atom stereocenters. The topological polar surface area (TPSA) is 40.5 Å². The standard InChI is InChI=1S/C7H11F2NO2/c1-10-3-5(4-10)7(8,9)2-6(11)12/h5H,2-4H2,1H3,(H,11,12). The Hall–Kier alpha value is -0.710. The number of aliphatic carboxylic acids is 1. The summed E-state index contributed by atoms with van der Waals surface area (Å²) >= 11 is 0. The molecule has 1 aliphatic heterocycles. The van der Waals surface area contributed by atoms with Gasteiger partial charge in [0, 0.05) is 19.0 Å². The second-order valence-electron chi connectivity index (χ2n) is 3.25. The Morgan fingerprint density at radius 1 is 1.67 bits per heavy atom. The number of hydrogen-bond acceptors (Lipinski definition) is 2. The second-order valence-corrected chi connectivity index (χ2v) is 3.25. The molecule has 1 rings (SSSR count). The van der Waals surface area contributed by atoms with E-state index in [0.717, 1.165) is 0 Å². The molecule has 0 saturated carbocycles. The van der Waals surface area contributed by atoms with E-state index in [9.17, 15) is 13.6 Å². The van der Waals surface area contributed by atoms with Gasteiger partial charge in [-0.1, -0.05) is 0 Å². The van der Waals surface area contributed by atoms with Crippen molar-refractivity contribution < 1.29 is 18.7 Å². The van der Waals surface area contributed by atoms with Crippen LogP contribution in [0.1, 0.15) is 6.42 Å². The van der Waals surface area contributed by atoms with Crippen LogP contribution in [0, 0.1) is 5.92 Å². The highest BCUT2D eigenvalue weighted by Gasteiger charge is 2.46. The average molecular weight is 179 g/mol. The van der Waals surface area contributed by atoms with Gasteiger partial charge in [0.05, 0.1) is 0 Å². The molecule has 12 heavy (non-hydrogen) atoms. The van der Waals surface area contributed by atoms with Gasteiger partial charge < -0.3 is 10.0 Å². The van der Waals surface area contributed by atoms with Crippen LogP contribution in [0.4, 0.5) is 8.78 Å². The summed E-state index contributed by atoms with van der Waals surface area (Å²) in [7, 11) is 1.73. The molecule has 1 heterocycles. The predicted octanol–water partition coefficient (Wildman–Crippen LogP) is 0.658. The van der Waals surface area contributed by atoms with Gasteiger partial charge in [-0.15, -0.1) is 0 Å². The van der Waals surface area contributed by atoms with Crippen LogP contribution >= 0.6 is 0 Å². The SMILES string of the molecule is CN1CC(C(F)(F)CC(=O)O)C1. The van der Waals surface area contributed by atoms with Crippen LogP contribution in [0.25, 0.3) is 0 Å². The van der Waals surface area contributed by atoms with Crippen LogP contribution in [0.3, 0.4) is 0 Å². The molecule has 1 fully saturated rings. The van der Waals surface area contributed by atoms with E-state index in [2.05, 4.69) is 0 Å². The van der Waals surface area contributed by atoms with Crippen molar-refractivity contribution in [3.63, 3.8) is 0 Å². The minimum absolute atomic E-state index is 0.292. The monoisotopic (exact) mass is 179 g/mol. The summed E-state index contributed by atoms with van der Waals surface area (Å²) in [6, 6.07) is 0. The van der Waals surface area contributed by atoms with Crippen LogP contribution in [-0.2, 0) is 4.79 Å². The molecule has 0 aromatic rings. The number of carbonyl (C=O) groups is 1. The molecule has 0 aliphatic carbocycles. The Bertz CT molecular complexity index is 190. The van der Waals surface area contributed by atoms with Crippen LogP contribution in [0.2, 0.25) is 0 Å². The maximum Gasteiger partial charge on any atom is 0.309 e. The van der Waals surface area contributed by atoms with E-state index < -0.39 is 24.2 Å². The zero-order chi connectivity index (χ0) is 9.35. The Morgan fingerprint density at radius 3 is 2.50 bits per heavy atom. The summed E-state index contributed by atoms with van der Waals surface area (Å²) < 4.78 is 25.8. The van der Waals surface area contributed by atoms with E-state index >= 15 is 0 Å². The third kappa shape index (κ3) is 1.91. The molecule has 0 amide bonds. The number of alkyl halides is 2. The highest BCUT2D eigenvalue weighted by molar-refractivity contribution is 5.67. The van der Waals surface area contributed by atoms with Gasteiger partial charge in [-0.05, 0) is 7.05 Å². The van der Waals surface area contributed by atoms with Crippen LogP contribution in [0.5, 0.6) is 0 Å². The summed E-state index contributed by atoms with van der Waals surface area (Å²) in [5.41, 5.74) is 0. The largest absolute Gasteiger partial charge is 0.481 e. The lowest BCUT2D eigenvalue weighted by Crippen LogP contribution is -2.53. The van der Waals surface area contributed by atoms with Crippen molar-refractivity contribution in [2.45, 2.75) is 12.3 Å². The normalized spacial score (nSPS) is 20.6. The number of nitrogens with zero attached hydrogens (tertiary/aromatic N) is 1. The molecule has 5 heteroatoms. The molecule has 3 nitrogen and oxygen atoms in total. The first kappa shape index (κ1) is 9.38. The first-order valence-electron chi connectivity index (χ1n) is 3.70. The first-order valence-corrected chi connectivity index (χ1v) is 3.70. The predicted molar refractivity (Wildman–Crippen MR) is 38.2 cm³/mol. The van der Waals surface area contributed by atoms with Crippen LogP contribution in [-0.4, -0.2) is 42.0 Å². The van der Waals surface area contributed by atoms with Crippen molar-refractivity contribution in [1.82, 2.24) is 4.90 Å². The van der Waals surface area contributed by atoms with Crippen molar-refractivity contribution in [2.75, 3.05) is 20.1 Å². The lowest BCUT2D eigenvalue weighted by Gasteiger charge is -2.40. The maximum atomic E-state index is 12.9. The maximum absolute atomic E-state index is 12.9. The molecular formula is C7H11F2NO2. The highest BCUT2D eigenvalue weighted by Crippen LogP contribution is 2.34. The third-order valence-electron chi connectivity index (χ3n) is 2.05. The summed E-state index contributed by atoms with van der Waals surface area (Å²) in [5, 5.41) is 8.19. The Kier molecular flexibility index (Phi) is 2.32. The van der Waals surface area contributed by atoms with E-state index in [4.69, 9.17) is 5.11 Å². The summed E-state index contributed by atoms with van der Waals surface area (Å²) in [6.07, 6.45) is -1.05. The van der Waals surface area contributed by atoms with E-state index in [1.165, 1.54) is 0 Å². The third-order valence-corrected chi connectivity index (χ3v) is 2.05. The number of carboxylic acids is 1. The Morgan fingerprint density at radius 2 is 2.17 bits per heavy atom. The smallest absolute Gasteiger partial charge is 0.309 e. The van der Waals surface area contributed by atoms with Gasteiger partial charge in [0.2, 0.25) is 0 Å². The molecule has 0 aromatic heterocycles. The van der Waals surface area contributed by atoms with E-state index in [0.29, 0.717) is 13.1 Å². The number of halogens is 2. The van der Waals surface area contributed by atoms with Gasteiger partial charge in [0.25, 0.3) is 5.92 Å². The summed E-state index contributed by atoms with van der Waals surface area (Å²) in [4.78, 5) is 11.8. The summed E-state index contributed by atoms with van der Waals surface area (Å²) in [5.74, 6) is -5.26. The van der Waals surface area contributed by atoms with E-state index in [-0.39, 0.29) is 0 Å². The van der Waals surface area contributed by atoms with Crippen molar-refractivity contribution in [3.8, 4) is 0 Å². The fraction of sp³-hybridized carbons (Fsp3) is 0.857. The summed E-state index contributed by atoms with van der Waals surface area (Å²) in [6.45, 7) is 0.584. The highest BCUT2D eigenvalue weighted by atomic mass is 19.3. The number of likely N-dealkylation sites (tertiary alicyclic amines) is 1. The average Bonchev–Trinajstić information content (AvgIpc) is 1.77. The zero-order valence-electron chi connectivity index (χ0n) is 6.76. The van der Waals surface area contributed by atoms with E-state index in [1.807, 2.05) is 0 Å². The van der Waals surface area contributed by atoms with Gasteiger partial charge in [-0.3, -0.25) is 4.79 Å². The molecule has 1 N–H and O–H groups in total. The minimum atomic E-state index is -3.04. The molecule has 1 saturated heterocycles. The van der Waals surface area contributed by atoms with E-state index in [1.54, 1.807) is 11.9 Å². The lowest BCUT2D eigenvalue weighted by molar-refractivity contribution is -0.157. The molecule has 1 aliphatic rings. The quantitative estimate of drug-likeness (QED) is 0.691. The molecule has 0 aromatic carbocycles. The van der Waals surface area contributed by atoms with Crippen molar-refractivity contribution in [3.05, 3.63) is 0 Å². The van der Waals surface area contributed by atoms with Crippen LogP contribution in [0.15, 0.2) is 0 Å². The molecule has 70 valence electrons. The fourth-order valence-electron chi connectivity index (χ4n) is 1.31. The van der Waals surface area contributed by atoms with Crippen molar-refractivity contribution >= 4 is 5.97 Å². The number of rotatable bonds is 3. The number of hydrogen-bond donors (Lipinski definition) is 1. The van der Waals surface area contributed by atoms with Gasteiger partial charge in [0.15, 0.2) is 0 Å². The van der Waals surface area contributed by atoms with Crippen LogP contribution < -0.4 is 0 Å². The molecular weight excluding hydrogens is 168 g/mol. The minimum Gasteiger partial charge on any atom is -0.481 e. The van der Waals surface area contributed by atoms with Gasteiger partial charge in [0.1, 0.15) is 6.42 Å². The molecule has 0 radical (unpaired) electrons. The first-order chi connectivity index (χ1) is 5.42.